The second-order valence-corrected chi connectivity index (χ2v) is 6.40. The van der Waals surface area contributed by atoms with Gasteiger partial charge >= 0.3 is 6.03 Å². The Labute approximate surface area is 139 Å². The number of ether oxygens (including phenoxy) is 1. The van der Waals surface area contributed by atoms with Crippen LogP contribution in [0.4, 0.5) is 10.5 Å². The summed E-state index contributed by atoms with van der Waals surface area (Å²) >= 11 is 0. The summed E-state index contributed by atoms with van der Waals surface area (Å²) in [7, 11) is 0. The van der Waals surface area contributed by atoms with Gasteiger partial charge < -0.3 is 20.3 Å². The predicted octanol–water partition coefficient (Wildman–Crippen LogP) is 2.05. The number of likely N-dealkylation sites (tertiary alicyclic amines) is 1. The molecule has 2 rings (SSSR count). The summed E-state index contributed by atoms with van der Waals surface area (Å²) in [4.78, 5) is 13.6. The molecule has 1 heterocycles. The van der Waals surface area contributed by atoms with Gasteiger partial charge in [0, 0.05) is 5.69 Å². The van der Waals surface area contributed by atoms with Gasteiger partial charge in [-0.05, 0) is 64.3 Å². The molecule has 5 heteroatoms. The van der Waals surface area contributed by atoms with Crippen LogP contribution < -0.4 is 20.3 Å². The van der Waals surface area contributed by atoms with Gasteiger partial charge in [0.25, 0.3) is 0 Å². The van der Waals surface area contributed by atoms with Gasteiger partial charge in [-0.3, -0.25) is 0 Å². The zero-order valence-electron chi connectivity index (χ0n) is 14.5. The zero-order chi connectivity index (χ0) is 16.7. The minimum absolute atomic E-state index is 0.147. The van der Waals surface area contributed by atoms with Crippen molar-refractivity contribution in [2.45, 2.75) is 52.1 Å². The molecule has 2 amide bonds. The maximum absolute atomic E-state index is 12.0. The SMILES string of the molecule is CCOc1ccc(NC(=O)NCC[NH+]2[C@H](C)CCC[C@@H]2C)cc1. The van der Waals surface area contributed by atoms with E-state index >= 15 is 0 Å². The summed E-state index contributed by atoms with van der Waals surface area (Å²) < 4.78 is 5.39. The lowest BCUT2D eigenvalue weighted by Gasteiger charge is -2.35. The van der Waals surface area contributed by atoms with Crippen LogP contribution in [0.3, 0.4) is 0 Å². The molecule has 1 aliphatic rings. The van der Waals surface area contributed by atoms with E-state index in [1.165, 1.54) is 19.3 Å². The highest BCUT2D eigenvalue weighted by atomic mass is 16.5. The number of carbonyl (C=O) groups is 1. The average Bonchev–Trinajstić information content (AvgIpc) is 2.52. The van der Waals surface area contributed by atoms with Gasteiger partial charge in [-0.1, -0.05) is 0 Å². The monoisotopic (exact) mass is 320 g/mol. The zero-order valence-corrected chi connectivity index (χ0v) is 14.5. The van der Waals surface area contributed by atoms with Crippen molar-refractivity contribution in [2.24, 2.45) is 0 Å². The maximum Gasteiger partial charge on any atom is 0.319 e. The van der Waals surface area contributed by atoms with Gasteiger partial charge in [0.15, 0.2) is 0 Å². The molecule has 0 radical (unpaired) electrons. The Balaban J connectivity index is 1.72. The third kappa shape index (κ3) is 5.43. The fourth-order valence-electron chi connectivity index (χ4n) is 3.38. The largest absolute Gasteiger partial charge is 0.494 e. The van der Waals surface area contributed by atoms with Gasteiger partial charge in [0.1, 0.15) is 5.75 Å². The van der Waals surface area contributed by atoms with Crippen molar-refractivity contribution in [2.75, 3.05) is 25.0 Å². The van der Waals surface area contributed by atoms with E-state index in [-0.39, 0.29) is 6.03 Å². The Hall–Kier alpha value is -1.75. The van der Waals surface area contributed by atoms with Gasteiger partial charge in [-0.15, -0.1) is 0 Å². The molecule has 1 aliphatic heterocycles. The molecule has 1 aromatic carbocycles. The van der Waals surface area contributed by atoms with Crippen molar-refractivity contribution in [3.63, 3.8) is 0 Å². The van der Waals surface area contributed by atoms with Gasteiger partial charge in [-0.2, -0.15) is 0 Å². The summed E-state index contributed by atoms with van der Waals surface area (Å²) in [5.41, 5.74) is 0.776. The van der Waals surface area contributed by atoms with Crippen LogP contribution in [0.15, 0.2) is 24.3 Å². The molecule has 3 atom stereocenters. The second kappa shape index (κ2) is 8.77. The van der Waals surface area contributed by atoms with E-state index < -0.39 is 0 Å². The molecule has 1 saturated heterocycles. The average molecular weight is 320 g/mol. The molecule has 0 aromatic heterocycles. The Morgan fingerprint density at radius 3 is 2.48 bits per heavy atom. The number of anilines is 1. The fraction of sp³-hybridized carbons (Fsp3) is 0.611. The molecule has 5 nitrogen and oxygen atoms in total. The number of hydrogen-bond donors (Lipinski definition) is 3. The maximum atomic E-state index is 12.0. The molecule has 0 aliphatic carbocycles. The number of quaternary nitrogens is 1. The van der Waals surface area contributed by atoms with Crippen molar-refractivity contribution < 1.29 is 14.4 Å². The topological polar surface area (TPSA) is 54.8 Å². The Morgan fingerprint density at radius 1 is 1.22 bits per heavy atom. The molecule has 3 N–H and O–H groups in total. The number of rotatable bonds is 6. The van der Waals surface area contributed by atoms with E-state index in [1.54, 1.807) is 4.90 Å². The van der Waals surface area contributed by atoms with Crippen LogP contribution >= 0.6 is 0 Å². The number of nitrogens with one attached hydrogen (secondary N) is 3. The number of piperidine rings is 1. The minimum Gasteiger partial charge on any atom is -0.494 e. The fourth-order valence-corrected chi connectivity index (χ4v) is 3.38. The van der Waals surface area contributed by atoms with Crippen LogP contribution in [-0.2, 0) is 0 Å². The number of amides is 2. The first-order chi connectivity index (χ1) is 11.1. The smallest absolute Gasteiger partial charge is 0.319 e. The first-order valence-electron chi connectivity index (χ1n) is 8.73. The third-order valence-electron chi connectivity index (χ3n) is 4.66. The first-order valence-corrected chi connectivity index (χ1v) is 8.73. The van der Waals surface area contributed by atoms with Crippen LogP contribution in [0.25, 0.3) is 0 Å². The Kier molecular flexibility index (Phi) is 6.71. The van der Waals surface area contributed by atoms with Crippen LogP contribution in [0, 0.1) is 0 Å². The van der Waals surface area contributed by atoms with Crippen LogP contribution in [0.5, 0.6) is 5.75 Å². The van der Waals surface area contributed by atoms with Crippen LogP contribution in [0.2, 0.25) is 0 Å². The molecule has 1 fully saturated rings. The van der Waals surface area contributed by atoms with E-state index in [2.05, 4.69) is 24.5 Å². The third-order valence-corrected chi connectivity index (χ3v) is 4.66. The van der Waals surface area contributed by atoms with E-state index in [4.69, 9.17) is 4.74 Å². The first kappa shape index (κ1) is 17.6. The molecular weight excluding hydrogens is 290 g/mol. The number of urea groups is 1. The summed E-state index contributed by atoms with van der Waals surface area (Å²) in [5, 5.41) is 5.81. The molecule has 0 saturated carbocycles. The lowest BCUT2D eigenvalue weighted by atomic mass is 9.98. The quantitative estimate of drug-likeness (QED) is 0.751. The number of carbonyl (C=O) groups excluding carboxylic acids is 1. The lowest BCUT2D eigenvalue weighted by molar-refractivity contribution is -0.950. The van der Waals surface area contributed by atoms with Crippen LogP contribution in [0.1, 0.15) is 40.0 Å². The predicted molar refractivity (Wildman–Crippen MR) is 93.2 cm³/mol. The van der Waals surface area contributed by atoms with E-state index in [0.29, 0.717) is 25.2 Å². The summed E-state index contributed by atoms with van der Waals surface area (Å²) in [6, 6.07) is 8.66. The van der Waals surface area contributed by atoms with E-state index in [1.807, 2.05) is 31.2 Å². The highest BCUT2D eigenvalue weighted by Crippen LogP contribution is 2.15. The van der Waals surface area contributed by atoms with Gasteiger partial charge in [0.2, 0.25) is 0 Å². The number of hydrogen-bond acceptors (Lipinski definition) is 2. The highest BCUT2D eigenvalue weighted by molar-refractivity contribution is 5.89. The normalized spacial score (nSPS) is 24.0. The van der Waals surface area contributed by atoms with E-state index in [9.17, 15) is 4.79 Å². The van der Waals surface area contributed by atoms with Crippen molar-refractivity contribution >= 4 is 11.7 Å². The van der Waals surface area contributed by atoms with Gasteiger partial charge in [-0.25, -0.2) is 4.79 Å². The summed E-state index contributed by atoms with van der Waals surface area (Å²) in [6.07, 6.45) is 3.91. The van der Waals surface area contributed by atoms with Crippen molar-refractivity contribution in [3.05, 3.63) is 24.3 Å². The summed E-state index contributed by atoms with van der Waals surface area (Å²) in [5.74, 6) is 0.815. The standard InChI is InChI=1S/C18H29N3O2/c1-4-23-17-10-8-16(9-11-17)20-18(22)19-12-13-21-14(2)6-5-7-15(21)3/h8-11,14-15H,4-7,12-13H2,1-3H3,(H2,19,20,22)/p+1/t14-,15+. The van der Waals surface area contributed by atoms with Crippen molar-refractivity contribution in [1.29, 1.82) is 0 Å². The second-order valence-electron chi connectivity index (χ2n) is 6.40. The molecule has 0 bridgehead atoms. The van der Waals surface area contributed by atoms with Crippen molar-refractivity contribution in [3.8, 4) is 5.75 Å². The molecule has 128 valence electrons. The summed E-state index contributed by atoms with van der Waals surface area (Å²) in [6.45, 7) is 8.90. The molecule has 23 heavy (non-hydrogen) atoms. The molecule has 1 unspecified atom stereocenters. The highest BCUT2D eigenvalue weighted by Gasteiger charge is 2.27. The van der Waals surface area contributed by atoms with Crippen LogP contribution in [-0.4, -0.2) is 37.8 Å². The molecule has 0 spiro atoms. The Morgan fingerprint density at radius 2 is 1.87 bits per heavy atom. The lowest BCUT2D eigenvalue weighted by Crippen LogP contribution is -3.19. The Bertz CT molecular complexity index is 480. The van der Waals surface area contributed by atoms with E-state index in [0.717, 1.165) is 18.0 Å². The van der Waals surface area contributed by atoms with Crippen molar-refractivity contribution in [1.82, 2.24) is 5.32 Å². The minimum atomic E-state index is -0.147. The number of benzene rings is 1. The molecular formula is C18H30N3O2+. The molecule has 1 aromatic rings. The van der Waals surface area contributed by atoms with Gasteiger partial charge in [0.05, 0.1) is 31.8 Å².